The van der Waals surface area contributed by atoms with Crippen molar-refractivity contribution in [2.75, 3.05) is 20.3 Å². The van der Waals surface area contributed by atoms with Crippen LogP contribution in [-0.4, -0.2) is 42.8 Å². The van der Waals surface area contributed by atoms with Crippen LogP contribution in [0.4, 0.5) is 0 Å². The lowest BCUT2D eigenvalue weighted by Gasteiger charge is -2.51. The predicted molar refractivity (Wildman–Crippen MR) is 126 cm³/mol. The van der Waals surface area contributed by atoms with Crippen molar-refractivity contribution in [3.8, 4) is 5.75 Å². The number of esters is 1. The lowest BCUT2D eigenvalue weighted by atomic mass is 9.53. The summed E-state index contributed by atoms with van der Waals surface area (Å²) >= 11 is 0. The molecule has 0 amide bonds. The molecule has 0 bridgehead atoms. The molecule has 34 heavy (non-hydrogen) atoms. The van der Waals surface area contributed by atoms with Crippen LogP contribution in [0.3, 0.4) is 0 Å². The van der Waals surface area contributed by atoms with Gasteiger partial charge in [0.1, 0.15) is 17.6 Å². The number of methoxy groups -OCH3 is 1. The minimum Gasteiger partial charge on any atom is -0.497 e. The molecule has 4 fully saturated rings. The highest BCUT2D eigenvalue weighted by atomic mass is 16.6. The monoisotopic (exact) mass is 465 g/mol. The molecular weight excluding hydrogens is 430 g/mol. The number of epoxide rings is 1. The van der Waals surface area contributed by atoms with E-state index in [1.54, 1.807) is 13.4 Å². The van der Waals surface area contributed by atoms with Gasteiger partial charge in [-0.1, -0.05) is 19.1 Å². The van der Waals surface area contributed by atoms with E-state index in [0.717, 1.165) is 37.5 Å². The van der Waals surface area contributed by atoms with Crippen molar-refractivity contribution in [1.29, 1.82) is 0 Å². The molecule has 4 aliphatic rings. The fourth-order valence-electron chi connectivity index (χ4n) is 7.24. The second kappa shape index (κ2) is 8.42. The highest BCUT2D eigenvalue weighted by Crippen LogP contribution is 2.62. The number of benzene rings is 1. The molecule has 2 aliphatic heterocycles. The molecule has 0 N–H and O–H groups in total. The molecule has 6 nitrogen and oxygen atoms in total. The summed E-state index contributed by atoms with van der Waals surface area (Å²) in [6.45, 7) is 5.37. The highest BCUT2D eigenvalue weighted by Gasteiger charge is 2.65. The van der Waals surface area contributed by atoms with E-state index in [2.05, 4.69) is 24.0 Å². The Kier molecular flexibility index (Phi) is 5.49. The minimum atomic E-state index is -0.111. The topological polar surface area (TPSA) is 64.4 Å². The number of ether oxygens (including phenoxy) is 3. The van der Waals surface area contributed by atoms with Gasteiger partial charge in [-0.2, -0.15) is 0 Å². The third-order valence-electron chi connectivity index (χ3n) is 9.06. The van der Waals surface area contributed by atoms with Gasteiger partial charge in [0, 0.05) is 19.0 Å². The van der Waals surface area contributed by atoms with Gasteiger partial charge in [0.25, 0.3) is 0 Å². The quantitative estimate of drug-likeness (QED) is 0.432. The maximum atomic E-state index is 13.2. The Hall–Kier alpha value is -2.31. The van der Waals surface area contributed by atoms with E-state index < -0.39 is 0 Å². The Morgan fingerprint density at radius 3 is 2.68 bits per heavy atom. The van der Waals surface area contributed by atoms with E-state index in [4.69, 9.17) is 18.6 Å². The predicted octanol–water partition coefficient (Wildman–Crippen LogP) is 4.82. The SMILES string of the molecule is COc1ccc(CN(Cc2ccco2)CC2C(=O)OC3CC4(C)CCCC5(CO5)C4CC32)cc1. The fourth-order valence-corrected chi connectivity index (χ4v) is 7.24. The maximum absolute atomic E-state index is 13.2. The first kappa shape index (κ1) is 22.2. The number of fused-ring (bicyclic) bond motifs is 3. The highest BCUT2D eigenvalue weighted by molar-refractivity contribution is 5.75. The summed E-state index contributed by atoms with van der Waals surface area (Å²) in [5.41, 5.74) is 1.48. The van der Waals surface area contributed by atoms with Crippen molar-refractivity contribution < 1.29 is 23.4 Å². The van der Waals surface area contributed by atoms with Crippen LogP contribution in [0, 0.1) is 23.2 Å². The molecule has 182 valence electrons. The zero-order valence-electron chi connectivity index (χ0n) is 20.2. The Morgan fingerprint density at radius 1 is 1.15 bits per heavy atom. The smallest absolute Gasteiger partial charge is 0.310 e. The Labute approximate surface area is 201 Å². The maximum Gasteiger partial charge on any atom is 0.310 e. The number of hydrogen-bond donors (Lipinski definition) is 0. The van der Waals surface area contributed by atoms with E-state index >= 15 is 0 Å². The molecule has 6 unspecified atom stereocenters. The van der Waals surface area contributed by atoms with Gasteiger partial charge in [-0.15, -0.1) is 0 Å². The van der Waals surface area contributed by atoms with Crippen molar-refractivity contribution in [1.82, 2.24) is 4.90 Å². The number of carbonyl (C=O) groups excluding carboxylic acids is 1. The number of carbonyl (C=O) groups is 1. The summed E-state index contributed by atoms with van der Waals surface area (Å²) in [7, 11) is 1.68. The Bertz CT molecular complexity index is 1010. The number of hydrogen-bond acceptors (Lipinski definition) is 6. The Morgan fingerprint density at radius 2 is 1.97 bits per heavy atom. The van der Waals surface area contributed by atoms with Gasteiger partial charge >= 0.3 is 5.97 Å². The molecule has 2 saturated heterocycles. The summed E-state index contributed by atoms with van der Waals surface area (Å²) in [5, 5.41) is 0. The third-order valence-corrected chi connectivity index (χ3v) is 9.06. The molecule has 2 aromatic rings. The van der Waals surface area contributed by atoms with Crippen molar-refractivity contribution in [2.45, 2.75) is 63.8 Å². The molecule has 2 aliphatic carbocycles. The van der Waals surface area contributed by atoms with Crippen LogP contribution in [0.5, 0.6) is 5.75 Å². The van der Waals surface area contributed by atoms with Crippen molar-refractivity contribution >= 4 is 5.97 Å². The van der Waals surface area contributed by atoms with Crippen LogP contribution in [0.15, 0.2) is 47.1 Å². The molecule has 1 aromatic carbocycles. The lowest BCUT2D eigenvalue weighted by molar-refractivity contribution is -0.147. The summed E-state index contributed by atoms with van der Waals surface area (Å²) < 4.78 is 23.1. The van der Waals surface area contributed by atoms with Gasteiger partial charge in [-0.25, -0.2) is 0 Å². The van der Waals surface area contributed by atoms with E-state index in [0.29, 0.717) is 19.0 Å². The van der Waals surface area contributed by atoms with Crippen LogP contribution >= 0.6 is 0 Å². The zero-order valence-corrected chi connectivity index (χ0v) is 20.2. The molecule has 3 heterocycles. The average molecular weight is 466 g/mol. The molecule has 6 atom stereocenters. The van der Waals surface area contributed by atoms with E-state index in [1.807, 2.05) is 24.3 Å². The Balaban J connectivity index is 1.22. The normalized spacial score (nSPS) is 36.3. The standard InChI is InChI=1S/C28H35NO5/c1-27-10-4-11-28(18-33-28)25(27)13-22-23(26(30)34-24(22)14-27)17-29(16-21-5-3-12-32-21)15-19-6-8-20(31-2)9-7-19/h3,5-9,12,22-25H,4,10-11,13-18H2,1-2H3. The molecule has 0 radical (unpaired) electrons. The fraction of sp³-hybridized carbons (Fsp3) is 0.607. The van der Waals surface area contributed by atoms with E-state index in [-0.39, 0.29) is 34.9 Å². The van der Waals surface area contributed by atoms with Gasteiger partial charge < -0.3 is 18.6 Å². The summed E-state index contributed by atoms with van der Waals surface area (Å²) in [5.74, 6) is 2.41. The number of rotatable bonds is 7. The second-order valence-electron chi connectivity index (χ2n) is 11.2. The first-order valence-corrected chi connectivity index (χ1v) is 12.7. The molecule has 2 saturated carbocycles. The van der Waals surface area contributed by atoms with Gasteiger partial charge in [0.2, 0.25) is 0 Å². The molecule has 1 aromatic heterocycles. The van der Waals surface area contributed by atoms with Crippen LogP contribution in [0.2, 0.25) is 0 Å². The van der Waals surface area contributed by atoms with E-state index in [1.165, 1.54) is 24.8 Å². The molecule has 6 rings (SSSR count). The van der Waals surface area contributed by atoms with E-state index in [9.17, 15) is 4.79 Å². The first-order chi connectivity index (χ1) is 16.5. The second-order valence-corrected chi connectivity index (χ2v) is 11.2. The minimum absolute atomic E-state index is 0.0258. The largest absolute Gasteiger partial charge is 0.497 e. The summed E-state index contributed by atoms with van der Waals surface area (Å²) in [4.78, 5) is 15.5. The van der Waals surface area contributed by atoms with Gasteiger partial charge in [-0.05, 0) is 73.3 Å². The first-order valence-electron chi connectivity index (χ1n) is 12.7. The van der Waals surface area contributed by atoms with Gasteiger partial charge in [0.05, 0.1) is 38.0 Å². The van der Waals surface area contributed by atoms with Crippen LogP contribution in [0.1, 0.15) is 50.4 Å². The van der Waals surface area contributed by atoms with Crippen molar-refractivity contribution in [3.05, 3.63) is 54.0 Å². The average Bonchev–Trinajstić information content (AvgIpc) is 3.27. The van der Waals surface area contributed by atoms with Gasteiger partial charge in [0.15, 0.2) is 0 Å². The third kappa shape index (κ3) is 3.95. The summed E-state index contributed by atoms with van der Waals surface area (Å²) in [6, 6.07) is 12.1. The molecule has 6 heteroatoms. The van der Waals surface area contributed by atoms with Crippen LogP contribution in [0.25, 0.3) is 0 Å². The zero-order chi connectivity index (χ0) is 23.3. The lowest BCUT2D eigenvalue weighted by Crippen LogP contribution is -2.51. The van der Waals surface area contributed by atoms with Crippen LogP contribution < -0.4 is 4.74 Å². The number of furan rings is 1. The van der Waals surface area contributed by atoms with Gasteiger partial charge in [-0.3, -0.25) is 9.69 Å². The van der Waals surface area contributed by atoms with Crippen LogP contribution in [-0.2, 0) is 27.4 Å². The summed E-state index contributed by atoms with van der Waals surface area (Å²) in [6.07, 6.45) is 7.38. The molecular formula is C28H35NO5. The van der Waals surface area contributed by atoms with Crippen molar-refractivity contribution in [3.63, 3.8) is 0 Å². The number of nitrogens with zero attached hydrogens (tertiary/aromatic N) is 1. The molecule has 1 spiro atoms. The van der Waals surface area contributed by atoms with Crippen molar-refractivity contribution in [2.24, 2.45) is 23.2 Å².